The number of hydrogen-bond donors (Lipinski definition) is 2. The first-order chi connectivity index (χ1) is 13.1. The Morgan fingerprint density at radius 2 is 1.70 bits per heavy atom. The van der Waals surface area contributed by atoms with E-state index in [2.05, 4.69) is 66.8 Å². The monoisotopic (exact) mass is 355 g/mol. The van der Waals surface area contributed by atoms with E-state index in [4.69, 9.17) is 0 Å². The summed E-state index contributed by atoms with van der Waals surface area (Å²) >= 11 is 0. The van der Waals surface area contributed by atoms with Crippen molar-refractivity contribution < 1.29 is 9.90 Å². The van der Waals surface area contributed by atoms with Crippen molar-refractivity contribution in [3.05, 3.63) is 100 Å². The molecule has 0 fully saturated rings. The normalized spacial score (nSPS) is 22.3. The summed E-state index contributed by atoms with van der Waals surface area (Å²) in [5.41, 5.74) is 7.39. The number of carboxylic acids is 1. The Kier molecular flexibility index (Phi) is 3.57. The van der Waals surface area contributed by atoms with Gasteiger partial charge in [-0.05, 0) is 47.6 Å². The summed E-state index contributed by atoms with van der Waals surface area (Å²) in [6.07, 6.45) is 1.00. The Morgan fingerprint density at radius 3 is 2.48 bits per heavy atom. The van der Waals surface area contributed by atoms with Gasteiger partial charge < -0.3 is 10.4 Å². The molecule has 0 spiro atoms. The quantitative estimate of drug-likeness (QED) is 0.667. The smallest absolute Gasteiger partial charge is 0.337 e. The number of benzene rings is 3. The number of aromatic carboxylic acids is 1. The van der Waals surface area contributed by atoms with Gasteiger partial charge in [-0.25, -0.2) is 4.79 Å². The maximum atomic E-state index is 11.9. The largest absolute Gasteiger partial charge is 0.478 e. The summed E-state index contributed by atoms with van der Waals surface area (Å²) in [6.45, 7) is 2.09. The molecule has 3 heteroatoms. The standard InChI is InChI=1S/C24H21NO2/c1-14-9-11-15(12-10-14)22-20-13-16-5-2-3-6-17(16)21(20)18-7-4-8-19(24(26)27)23(18)25-22/h2-12,20-22,25H,13H2,1H3,(H,26,27)/t20-,21-,22-/m0/s1. The fourth-order valence-electron chi connectivity index (χ4n) is 4.87. The minimum atomic E-state index is -0.883. The molecular weight excluding hydrogens is 334 g/mol. The van der Waals surface area contributed by atoms with Gasteiger partial charge in [-0.1, -0.05) is 66.2 Å². The van der Waals surface area contributed by atoms with Crippen LogP contribution in [0, 0.1) is 12.8 Å². The van der Waals surface area contributed by atoms with E-state index >= 15 is 0 Å². The number of rotatable bonds is 2. The molecule has 3 aromatic rings. The van der Waals surface area contributed by atoms with Gasteiger partial charge in [0, 0.05) is 5.92 Å². The summed E-state index contributed by atoms with van der Waals surface area (Å²) < 4.78 is 0. The maximum Gasteiger partial charge on any atom is 0.337 e. The van der Waals surface area contributed by atoms with Crippen LogP contribution in [0.3, 0.4) is 0 Å². The van der Waals surface area contributed by atoms with Crippen LogP contribution in [0.25, 0.3) is 0 Å². The lowest BCUT2D eigenvalue weighted by molar-refractivity contribution is 0.0697. The van der Waals surface area contributed by atoms with Gasteiger partial charge in [0.25, 0.3) is 0 Å². The molecule has 0 radical (unpaired) electrons. The van der Waals surface area contributed by atoms with E-state index < -0.39 is 5.97 Å². The highest BCUT2D eigenvalue weighted by atomic mass is 16.4. The molecule has 0 aromatic heterocycles. The van der Waals surface area contributed by atoms with Crippen molar-refractivity contribution in [2.45, 2.75) is 25.3 Å². The minimum absolute atomic E-state index is 0.0935. The van der Waals surface area contributed by atoms with Crippen LogP contribution in [0.5, 0.6) is 0 Å². The minimum Gasteiger partial charge on any atom is -0.478 e. The predicted molar refractivity (Wildman–Crippen MR) is 106 cm³/mol. The number of fused-ring (bicyclic) bond motifs is 5. The molecule has 5 rings (SSSR count). The molecule has 1 heterocycles. The molecule has 0 amide bonds. The van der Waals surface area contributed by atoms with E-state index in [1.807, 2.05) is 6.07 Å². The van der Waals surface area contributed by atoms with Crippen LogP contribution in [0.4, 0.5) is 5.69 Å². The molecule has 3 nitrogen and oxygen atoms in total. The van der Waals surface area contributed by atoms with Crippen LogP contribution in [-0.4, -0.2) is 11.1 Å². The third-order valence-electron chi connectivity index (χ3n) is 6.10. The second kappa shape index (κ2) is 5.98. The number of para-hydroxylation sites is 1. The molecule has 3 aromatic carbocycles. The first-order valence-corrected chi connectivity index (χ1v) is 9.40. The second-order valence-electron chi connectivity index (χ2n) is 7.65. The Labute approximate surface area is 158 Å². The van der Waals surface area contributed by atoms with E-state index in [1.165, 1.54) is 22.3 Å². The molecule has 1 aliphatic heterocycles. The predicted octanol–water partition coefficient (Wildman–Crippen LogP) is 5.16. The first kappa shape index (κ1) is 16.1. The molecule has 2 N–H and O–H groups in total. The SMILES string of the molecule is Cc1ccc([C@@H]2Nc3c(C(=O)O)cccc3[C@@H]3c4ccccc4C[C@@H]32)cc1. The van der Waals surface area contributed by atoms with Gasteiger partial charge in [0.2, 0.25) is 0 Å². The van der Waals surface area contributed by atoms with Crippen LogP contribution in [0.2, 0.25) is 0 Å². The molecule has 134 valence electrons. The van der Waals surface area contributed by atoms with Gasteiger partial charge in [-0.3, -0.25) is 0 Å². The van der Waals surface area contributed by atoms with E-state index in [-0.39, 0.29) is 12.0 Å². The molecule has 0 bridgehead atoms. The van der Waals surface area contributed by atoms with Gasteiger partial charge in [0.15, 0.2) is 0 Å². The zero-order valence-corrected chi connectivity index (χ0v) is 15.1. The average molecular weight is 355 g/mol. The zero-order chi connectivity index (χ0) is 18.5. The highest BCUT2D eigenvalue weighted by Crippen LogP contribution is 2.54. The summed E-state index contributed by atoms with van der Waals surface area (Å²) in [6, 6.07) is 22.9. The van der Waals surface area contributed by atoms with E-state index in [1.54, 1.807) is 6.07 Å². The molecule has 0 unspecified atom stereocenters. The maximum absolute atomic E-state index is 11.9. The summed E-state index contributed by atoms with van der Waals surface area (Å²) in [4.78, 5) is 11.9. The summed E-state index contributed by atoms with van der Waals surface area (Å²) in [5.74, 6) is -0.281. The van der Waals surface area contributed by atoms with E-state index in [0.29, 0.717) is 11.5 Å². The lowest BCUT2D eigenvalue weighted by Crippen LogP contribution is -2.31. The molecule has 2 aliphatic rings. The van der Waals surface area contributed by atoms with Crippen LogP contribution < -0.4 is 5.32 Å². The van der Waals surface area contributed by atoms with Crippen molar-refractivity contribution in [1.82, 2.24) is 0 Å². The fourth-order valence-corrected chi connectivity index (χ4v) is 4.87. The number of carboxylic acid groups (broad SMARTS) is 1. The van der Waals surface area contributed by atoms with Gasteiger partial charge in [-0.15, -0.1) is 0 Å². The van der Waals surface area contributed by atoms with E-state index in [9.17, 15) is 9.90 Å². The number of carbonyl (C=O) groups is 1. The molecule has 1 aliphatic carbocycles. The molecule has 0 saturated carbocycles. The highest BCUT2D eigenvalue weighted by Gasteiger charge is 2.44. The van der Waals surface area contributed by atoms with Crippen molar-refractivity contribution in [2.75, 3.05) is 5.32 Å². The molecule has 0 saturated heterocycles. The van der Waals surface area contributed by atoms with Crippen molar-refractivity contribution in [1.29, 1.82) is 0 Å². The van der Waals surface area contributed by atoms with Gasteiger partial charge in [-0.2, -0.15) is 0 Å². The number of hydrogen-bond acceptors (Lipinski definition) is 2. The number of aryl methyl sites for hydroxylation is 1. The van der Waals surface area contributed by atoms with Crippen LogP contribution in [0.1, 0.15) is 50.1 Å². The fraction of sp³-hybridized carbons (Fsp3) is 0.208. The first-order valence-electron chi connectivity index (χ1n) is 9.40. The Hall–Kier alpha value is -3.07. The third-order valence-corrected chi connectivity index (χ3v) is 6.10. The van der Waals surface area contributed by atoms with Crippen molar-refractivity contribution >= 4 is 11.7 Å². The summed E-state index contributed by atoms with van der Waals surface area (Å²) in [5, 5.41) is 13.3. The molecular formula is C24H21NO2. The molecule has 27 heavy (non-hydrogen) atoms. The summed E-state index contributed by atoms with van der Waals surface area (Å²) in [7, 11) is 0. The topological polar surface area (TPSA) is 49.3 Å². The van der Waals surface area contributed by atoms with Crippen molar-refractivity contribution in [3.63, 3.8) is 0 Å². The Bertz CT molecular complexity index is 1040. The Morgan fingerprint density at radius 1 is 0.963 bits per heavy atom. The number of anilines is 1. The van der Waals surface area contributed by atoms with E-state index in [0.717, 1.165) is 17.7 Å². The Balaban J connectivity index is 1.72. The van der Waals surface area contributed by atoms with Crippen LogP contribution in [-0.2, 0) is 6.42 Å². The van der Waals surface area contributed by atoms with Crippen LogP contribution in [0.15, 0.2) is 66.7 Å². The lowest BCUT2D eigenvalue weighted by atomic mass is 9.75. The highest BCUT2D eigenvalue weighted by molar-refractivity contribution is 5.96. The molecule has 3 atom stereocenters. The van der Waals surface area contributed by atoms with Crippen LogP contribution >= 0.6 is 0 Å². The van der Waals surface area contributed by atoms with Gasteiger partial charge in [0.05, 0.1) is 17.3 Å². The lowest BCUT2D eigenvalue weighted by Gasteiger charge is -2.38. The van der Waals surface area contributed by atoms with Crippen molar-refractivity contribution in [2.24, 2.45) is 5.92 Å². The van der Waals surface area contributed by atoms with Gasteiger partial charge in [0.1, 0.15) is 0 Å². The third kappa shape index (κ3) is 2.46. The van der Waals surface area contributed by atoms with Gasteiger partial charge >= 0.3 is 5.97 Å². The average Bonchev–Trinajstić information content (AvgIpc) is 3.07. The van der Waals surface area contributed by atoms with Crippen molar-refractivity contribution in [3.8, 4) is 0 Å². The zero-order valence-electron chi connectivity index (χ0n) is 15.1. The second-order valence-corrected chi connectivity index (χ2v) is 7.65. The number of nitrogens with one attached hydrogen (secondary N) is 1.